The summed E-state index contributed by atoms with van der Waals surface area (Å²) in [5, 5.41) is 18.2. The average Bonchev–Trinajstić information content (AvgIpc) is 3.49. The molecule has 2 amide bonds. The lowest BCUT2D eigenvalue weighted by molar-refractivity contribution is 0.0464. The maximum absolute atomic E-state index is 12.3. The van der Waals surface area contributed by atoms with Gasteiger partial charge in [0, 0.05) is 28.2 Å². The fourth-order valence-corrected chi connectivity index (χ4v) is 6.80. The molecule has 0 spiro atoms. The van der Waals surface area contributed by atoms with Crippen LogP contribution in [0.1, 0.15) is 64.5 Å². The standard InChI is InChI=1S/C30H28N4O4.C16H14N2O4.C15H16N2O2/c31-28(34-30(36)38-20-23-9-5-2-6-10-23)24-11-15-26(16-12-24)32-21-33-27-17-13-25(14-18-27)29(35)37-19-22-7-3-1-4-8-22;17-14(12-6-8-13(9-7-12)15(19)20)18-16(21)22-10-11-4-2-1-3-5-11;16-11-17-14-8-6-13(7-9-14)15(18)19-10-12-4-2-1-3-5-12/h1-18,32-33H,19-21H2,(H2,31,34,36);1-9H,10H2,(H,19,20)(H2,17,18,21);1-9,17H,10-11,16H2. The zero-order chi connectivity index (χ0) is 56.0. The normalized spacial score (nSPS) is 10.7. The molecule has 0 aliphatic heterocycles. The first-order valence-electron chi connectivity index (χ1n) is 24.5. The summed E-state index contributed by atoms with van der Waals surface area (Å²) in [5.74, 6) is -1.69. The Morgan fingerprint density at radius 2 is 0.646 bits per heavy atom. The number of amides is 2. The molecule has 18 heteroatoms. The molecular formula is C61H58N8O10. The van der Waals surface area contributed by atoms with Gasteiger partial charge in [-0.05, 0) is 107 Å². The van der Waals surface area contributed by atoms with Crippen molar-refractivity contribution in [2.45, 2.75) is 26.4 Å². The van der Waals surface area contributed by atoms with Crippen molar-refractivity contribution < 1.29 is 48.0 Å². The van der Waals surface area contributed by atoms with Crippen LogP contribution in [0.15, 0.2) is 228 Å². The summed E-state index contributed by atoms with van der Waals surface area (Å²) in [6.45, 7) is 1.56. The van der Waals surface area contributed by atoms with Gasteiger partial charge in [0.25, 0.3) is 0 Å². The third kappa shape index (κ3) is 20.6. The molecule has 0 unspecified atom stereocenters. The molecule has 0 bridgehead atoms. The maximum atomic E-state index is 12.3. The third-order valence-electron chi connectivity index (χ3n) is 11.0. The number of anilines is 3. The highest BCUT2D eigenvalue weighted by Gasteiger charge is 2.11. The number of hydrogen-bond acceptors (Lipinski definition) is 13. The van der Waals surface area contributed by atoms with Gasteiger partial charge in [0.05, 0.1) is 30.0 Å². The van der Waals surface area contributed by atoms with Crippen molar-refractivity contribution in [1.82, 2.24) is 0 Å². The number of nitrogens with zero attached hydrogens (tertiary/aromatic N) is 2. The Balaban J connectivity index is 0.000000208. The Bertz CT molecular complexity index is 3240. The van der Waals surface area contributed by atoms with E-state index in [1.807, 2.05) is 146 Å². The third-order valence-corrected chi connectivity index (χ3v) is 11.0. The van der Waals surface area contributed by atoms with Gasteiger partial charge in [0.1, 0.15) is 38.1 Å². The number of carbonyl (C=O) groups excluding carboxylic acids is 4. The van der Waals surface area contributed by atoms with Crippen LogP contribution in [0, 0.1) is 0 Å². The Labute approximate surface area is 456 Å². The van der Waals surface area contributed by atoms with E-state index in [2.05, 4.69) is 25.9 Å². The first-order valence-corrected chi connectivity index (χ1v) is 24.5. The van der Waals surface area contributed by atoms with Crippen LogP contribution in [0.3, 0.4) is 0 Å². The van der Waals surface area contributed by atoms with Gasteiger partial charge in [-0.3, -0.25) is 0 Å². The fourth-order valence-electron chi connectivity index (χ4n) is 6.80. The van der Waals surface area contributed by atoms with Crippen molar-refractivity contribution in [3.8, 4) is 0 Å². The first-order chi connectivity index (χ1) is 38.4. The molecule has 18 nitrogen and oxygen atoms in total. The molecule has 0 aromatic heterocycles. The lowest BCUT2D eigenvalue weighted by Gasteiger charge is -2.11. The molecule has 402 valence electrons. The number of carbonyl (C=O) groups is 5. The van der Waals surface area contributed by atoms with Gasteiger partial charge in [0.15, 0.2) is 0 Å². The van der Waals surface area contributed by atoms with E-state index < -0.39 is 18.2 Å². The summed E-state index contributed by atoms with van der Waals surface area (Å²) in [6, 6.07) is 64.7. The van der Waals surface area contributed by atoms with Crippen molar-refractivity contribution in [3.63, 3.8) is 0 Å². The molecule has 0 aliphatic rings. The lowest BCUT2D eigenvalue weighted by Crippen LogP contribution is -2.16. The number of nitrogens with one attached hydrogen (secondary N) is 3. The van der Waals surface area contributed by atoms with E-state index in [1.54, 1.807) is 48.5 Å². The molecule has 0 saturated carbocycles. The van der Waals surface area contributed by atoms with Crippen molar-refractivity contribution >= 4 is 58.8 Å². The minimum Gasteiger partial charge on any atom is -0.478 e. The van der Waals surface area contributed by atoms with E-state index in [4.69, 9.17) is 41.3 Å². The van der Waals surface area contributed by atoms with E-state index in [0.717, 1.165) is 39.3 Å². The highest BCUT2D eigenvalue weighted by atomic mass is 16.6. The lowest BCUT2D eigenvalue weighted by atomic mass is 10.1. The van der Waals surface area contributed by atoms with E-state index >= 15 is 0 Å². The topological polar surface area (TPSA) is 281 Å². The van der Waals surface area contributed by atoms with Crippen LogP contribution < -0.4 is 33.2 Å². The minimum atomic E-state index is -1.04. The van der Waals surface area contributed by atoms with Gasteiger partial charge in [-0.2, -0.15) is 9.98 Å². The van der Waals surface area contributed by atoms with Crippen molar-refractivity contribution in [2.24, 2.45) is 27.2 Å². The summed E-state index contributed by atoms with van der Waals surface area (Å²) in [5.41, 5.74) is 25.4. The number of aromatic carboxylic acids is 1. The predicted octanol–water partition coefficient (Wildman–Crippen LogP) is 10.4. The van der Waals surface area contributed by atoms with Crippen LogP contribution in [0.5, 0.6) is 0 Å². The quantitative estimate of drug-likeness (QED) is 0.0130. The maximum Gasteiger partial charge on any atom is 0.435 e. The SMILES string of the molecule is NC(=NC(=O)OCc1ccccc1)c1ccc(C(=O)O)cc1.NC(=NC(=O)OCc1ccccc1)c1ccc(NCNc2ccc(C(=O)OCc3ccccc3)cc2)cc1.NCNc1ccc(C(=O)OCc2ccccc2)cc1. The number of ether oxygens (including phenoxy) is 4. The van der Waals surface area contributed by atoms with Crippen molar-refractivity contribution in [1.29, 1.82) is 0 Å². The highest BCUT2D eigenvalue weighted by Crippen LogP contribution is 2.15. The molecule has 0 heterocycles. The second-order valence-corrected chi connectivity index (χ2v) is 16.7. The second kappa shape index (κ2) is 31.3. The molecule has 8 aromatic carbocycles. The van der Waals surface area contributed by atoms with E-state index in [1.165, 1.54) is 24.3 Å². The van der Waals surface area contributed by atoms with Crippen LogP contribution in [-0.4, -0.2) is 60.2 Å². The first kappa shape index (κ1) is 57.7. The number of benzene rings is 8. The number of nitrogens with two attached hydrogens (primary N) is 3. The Morgan fingerprint density at radius 3 is 0.962 bits per heavy atom. The number of hydrogen-bond donors (Lipinski definition) is 7. The monoisotopic (exact) mass is 1060 g/mol. The number of amidine groups is 2. The van der Waals surface area contributed by atoms with E-state index in [0.29, 0.717) is 35.6 Å². The van der Waals surface area contributed by atoms with Crippen molar-refractivity contribution in [2.75, 3.05) is 29.3 Å². The molecule has 0 aliphatic carbocycles. The van der Waals surface area contributed by atoms with Gasteiger partial charge < -0.3 is 57.2 Å². The minimum absolute atomic E-state index is 0.0324. The van der Waals surface area contributed by atoms with E-state index in [-0.39, 0.29) is 55.6 Å². The number of esters is 2. The number of rotatable bonds is 19. The van der Waals surface area contributed by atoms with Crippen LogP contribution in [0.2, 0.25) is 0 Å². The second-order valence-electron chi connectivity index (χ2n) is 16.7. The molecule has 10 N–H and O–H groups in total. The molecule has 0 radical (unpaired) electrons. The zero-order valence-electron chi connectivity index (χ0n) is 42.8. The Hall–Kier alpha value is -10.6. The molecular weight excluding hydrogens is 1000 g/mol. The molecule has 0 atom stereocenters. The number of carboxylic acid groups (broad SMARTS) is 1. The van der Waals surface area contributed by atoms with Crippen LogP contribution >= 0.6 is 0 Å². The molecule has 79 heavy (non-hydrogen) atoms. The van der Waals surface area contributed by atoms with E-state index in [9.17, 15) is 24.0 Å². The average molecular weight is 1060 g/mol. The fraction of sp³-hybridized carbons (Fsp3) is 0.0984. The molecule has 0 saturated heterocycles. The summed E-state index contributed by atoms with van der Waals surface area (Å²) in [6.07, 6.45) is -1.54. The summed E-state index contributed by atoms with van der Waals surface area (Å²) in [4.78, 5) is 65.8. The number of aliphatic imine (C=N–C) groups is 2. The van der Waals surface area contributed by atoms with Gasteiger partial charge in [-0.15, -0.1) is 0 Å². The smallest absolute Gasteiger partial charge is 0.435 e. The van der Waals surface area contributed by atoms with Crippen LogP contribution in [0.4, 0.5) is 26.7 Å². The zero-order valence-corrected chi connectivity index (χ0v) is 42.8. The molecule has 0 fully saturated rings. The highest BCUT2D eigenvalue weighted by molar-refractivity contribution is 6.04. The number of carboxylic acids is 1. The summed E-state index contributed by atoms with van der Waals surface area (Å²) in [7, 11) is 0. The predicted molar refractivity (Wildman–Crippen MR) is 303 cm³/mol. The van der Waals surface area contributed by atoms with Gasteiger partial charge in [-0.1, -0.05) is 133 Å². The molecule has 8 rings (SSSR count). The summed E-state index contributed by atoms with van der Waals surface area (Å²) < 4.78 is 20.7. The largest absolute Gasteiger partial charge is 0.478 e. The van der Waals surface area contributed by atoms with Crippen molar-refractivity contribution in [3.05, 3.63) is 268 Å². The Kier molecular flexibility index (Phi) is 22.9. The summed E-state index contributed by atoms with van der Waals surface area (Å²) >= 11 is 0. The van der Waals surface area contributed by atoms with Gasteiger partial charge in [-0.25, -0.2) is 24.0 Å². The van der Waals surface area contributed by atoms with Crippen LogP contribution in [-0.2, 0) is 45.4 Å². The molecule has 8 aromatic rings. The Morgan fingerprint density at radius 1 is 0.367 bits per heavy atom. The van der Waals surface area contributed by atoms with Gasteiger partial charge >= 0.3 is 30.1 Å². The van der Waals surface area contributed by atoms with Gasteiger partial charge in [0.2, 0.25) is 0 Å². The van der Waals surface area contributed by atoms with Crippen LogP contribution in [0.25, 0.3) is 0 Å².